The van der Waals surface area contributed by atoms with Crippen molar-refractivity contribution in [2.24, 2.45) is 5.41 Å². The largest absolute Gasteiger partial charge is 0.383 e. The van der Waals surface area contributed by atoms with Crippen molar-refractivity contribution < 1.29 is 4.74 Å². The Labute approximate surface area is 83.1 Å². The average molecular weight is 187 g/mol. The SMILES string of the molecule is CCCNC(COC)C(C)(C)CC. The van der Waals surface area contributed by atoms with Crippen LogP contribution in [0.3, 0.4) is 0 Å². The van der Waals surface area contributed by atoms with Crippen LogP contribution in [-0.2, 0) is 4.74 Å². The summed E-state index contributed by atoms with van der Waals surface area (Å²) in [6, 6.07) is 0.474. The van der Waals surface area contributed by atoms with E-state index in [0.29, 0.717) is 11.5 Å². The predicted molar refractivity (Wildman–Crippen MR) is 58.0 cm³/mol. The monoisotopic (exact) mass is 187 g/mol. The summed E-state index contributed by atoms with van der Waals surface area (Å²) in [6.07, 6.45) is 2.36. The zero-order chi connectivity index (χ0) is 10.3. The Kier molecular flexibility index (Phi) is 6.35. The second-order valence-electron chi connectivity index (χ2n) is 4.30. The molecule has 80 valence electrons. The molecule has 0 spiro atoms. The topological polar surface area (TPSA) is 21.3 Å². The van der Waals surface area contributed by atoms with E-state index in [1.54, 1.807) is 7.11 Å². The molecule has 0 aromatic heterocycles. The molecule has 1 N–H and O–H groups in total. The van der Waals surface area contributed by atoms with Crippen LogP contribution in [0.2, 0.25) is 0 Å². The molecule has 1 unspecified atom stereocenters. The van der Waals surface area contributed by atoms with E-state index < -0.39 is 0 Å². The highest BCUT2D eigenvalue weighted by molar-refractivity contribution is 4.82. The second kappa shape index (κ2) is 6.39. The van der Waals surface area contributed by atoms with E-state index in [1.807, 2.05) is 0 Å². The maximum atomic E-state index is 5.23. The fourth-order valence-corrected chi connectivity index (χ4v) is 1.29. The van der Waals surface area contributed by atoms with Crippen LogP contribution in [0, 0.1) is 5.41 Å². The molecule has 0 aromatic carbocycles. The van der Waals surface area contributed by atoms with E-state index in [4.69, 9.17) is 4.74 Å². The molecule has 0 saturated carbocycles. The Morgan fingerprint density at radius 3 is 2.31 bits per heavy atom. The highest BCUT2D eigenvalue weighted by Crippen LogP contribution is 2.24. The first-order chi connectivity index (χ1) is 6.08. The van der Waals surface area contributed by atoms with E-state index in [9.17, 15) is 0 Å². The summed E-state index contributed by atoms with van der Waals surface area (Å²) in [5.41, 5.74) is 0.325. The zero-order valence-electron chi connectivity index (χ0n) is 9.81. The molecule has 0 radical (unpaired) electrons. The molecule has 2 heteroatoms. The fraction of sp³-hybridized carbons (Fsp3) is 1.00. The maximum absolute atomic E-state index is 5.23. The third-order valence-electron chi connectivity index (χ3n) is 2.83. The van der Waals surface area contributed by atoms with Gasteiger partial charge in [-0.15, -0.1) is 0 Å². The number of hydrogen-bond acceptors (Lipinski definition) is 2. The molecule has 0 aliphatic carbocycles. The first-order valence-corrected chi connectivity index (χ1v) is 5.30. The van der Waals surface area contributed by atoms with Gasteiger partial charge in [0, 0.05) is 13.2 Å². The second-order valence-corrected chi connectivity index (χ2v) is 4.30. The van der Waals surface area contributed by atoms with E-state index in [0.717, 1.165) is 13.2 Å². The third kappa shape index (κ3) is 4.63. The summed E-state index contributed by atoms with van der Waals surface area (Å²) in [5.74, 6) is 0. The molecule has 0 aromatic rings. The first-order valence-electron chi connectivity index (χ1n) is 5.30. The highest BCUT2D eigenvalue weighted by Gasteiger charge is 2.26. The van der Waals surface area contributed by atoms with Crippen molar-refractivity contribution in [2.45, 2.75) is 46.6 Å². The summed E-state index contributed by atoms with van der Waals surface area (Å²) in [7, 11) is 1.77. The maximum Gasteiger partial charge on any atom is 0.0621 e. The number of methoxy groups -OCH3 is 1. The minimum Gasteiger partial charge on any atom is -0.383 e. The van der Waals surface area contributed by atoms with Crippen LogP contribution < -0.4 is 5.32 Å². The van der Waals surface area contributed by atoms with Gasteiger partial charge in [-0.3, -0.25) is 0 Å². The lowest BCUT2D eigenvalue weighted by atomic mass is 9.82. The molecule has 0 rings (SSSR count). The minimum absolute atomic E-state index is 0.325. The van der Waals surface area contributed by atoms with Gasteiger partial charge in [0.05, 0.1) is 6.61 Å². The van der Waals surface area contributed by atoms with Crippen molar-refractivity contribution in [3.63, 3.8) is 0 Å². The lowest BCUT2D eigenvalue weighted by molar-refractivity contribution is 0.103. The summed E-state index contributed by atoms with van der Waals surface area (Å²) in [6.45, 7) is 10.9. The van der Waals surface area contributed by atoms with Crippen molar-refractivity contribution in [1.29, 1.82) is 0 Å². The Bertz CT molecular complexity index is 123. The fourth-order valence-electron chi connectivity index (χ4n) is 1.29. The lowest BCUT2D eigenvalue weighted by Gasteiger charge is -2.33. The van der Waals surface area contributed by atoms with Gasteiger partial charge in [0.2, 0.25) is 0 Å². The standard InChI is InChI=1S/C11H25NO/c1-6-8-12-10(9-13-5)11(3,4)7-2/h10,12H,6-9H2,1-5H3. The lowest BCUT2D eigenvalue weighted by Crippen LogP contribution is -2.45. The van der Waals surface area contributed by atoms with E-state index in [1.165, 1.54) is 12.8 Å². The van der Waals surface area contributed by atoms with Crippen molar-refractivity contribution in [1.82, 2.24) is 5.32 Å². The van der Waals surface area contributed by atoms with Gasteiger partial charge in [0.1, 0.15) is 0 Å². The van der Waals surface area contributed by atoms with Crippen LogP contribution in [0.4, 0.5) is 0 Å². The van der Waals surface area contributed by atoms with Crippen LogP contribution in [0.5, 0.6) is 0 Å². The Hall–Kier alpha value is -0.0800. The summed E-state index contributed by atoms with van der Waals surface area (Å²) in [5, 5.41) is 3.54. The Morgan fingerprint density at radius 2 is 1.92 bits per heavy atom. The van der Waals surface area contributed by atoms with Gasteiger partial charge in [-0.2, -0.15) is 0 Å². The molecule has 0 fully saturated rings. The van der Waals surface area contributed by atoms with E-state index in [-0.39, 0.29) is 0 Å². The Balaban J connectivity index is 4.05. The molecule has 0 aliphatic heterocycles. The van der Waals surface area contributed by atoms with Crippen LogP contribution in [0.25, 0.3) is 0 Å². The molecule has 0 heterocycles. The molecule has 0 saturated heterocycles. The molecule has 1 atom stereocenters. The van der Waals surface area contributed by atoms with Crippen molar-refractivity contribution in [3.05, 3.63) is 0 Å². The smallest absolute Gasteiger partial charge is 0.0621 e. The average Bonchev–Trinajstić information content (AvgIpc) is 2.12. The number of rotatable bonds is 7. The van der Waals surface area contributed by atoms with Crippen molar-refractivity contribution in [3.8, 4) is 0 Å². The van der Waals surface area contributed by atoms with Gasteiger partial charge in [0.15, 0.2) is 0 Å². The van der Waals surface area contributed by atoms with Gasteiger partial charge in [-0.1, -0.05) is 27.7 Å². The van der Waals surface area contributed by atoms with Gasteiger partial charge < -0.3 is 10.1 Å². The van der Waals surface area contributed by atoms with Crippen LogP contribution >= 0.6 is 0 Å². The van der Waals surface area contributed by atoms with Crippen LogP contribution in [0.1, 0.15) is 40.5 Å². The van der Waals surface area contributed by atoms with Crippen molar-refractivity contribution in [2.75, 3.05) is 20.3 Å². The van der Waals surface area contributed by atoms with Gasteiger partial charge >= 0.3 is 0 Å². The molecule has 13 heavy (non-hydrogen) atoms. The minimum atomic E-state index is 0.325. The van der Waals surface area contributed by atoms with Crippen LogP contribution in [-0.4, -0.2) is 26.3 Å². The summed E-state index contributed by atoms with van der Waals surface area (Å²) in [4.78, 5) is 0. The van der Waals surface area contributed by atoms with E-state index in [2.05, 4.69) is 33.0 Å². The van der Waals surface area contributed by atoms with Gasteiger partial charge in [-0.05, 0) is 24.8 Å². The van der Waals surface area contributed by atoms with Gasteiger partial charge in [-0.25, -0.2) is 0 Å². The molecular weight excluding hydrogens is 162 g/mol. The normalized spacial score (nSPS) is 14.5. The number of nitrogens with one attached hydrogen (secondary N) is 1. The molecular formula is C11H25NO. The van der Waals surface area contributed by atoms with E-state index >= 15 is 0 Å². The summed E-state index contributed by atoms with van der Waals surface area (Å²) >= 11 is 0. The van der Waals surface area contributed by atoms with Crippen LogP contribution in [0.15, 0.2) is 0 Å². The molecule has 0 bridgehead atoms. The zero-order valence-corrected chi connectivity index (χ0v) is 9.81. The highest BCUT2D eigenvalue weighted by atomic mass is 16.5. The first kappa shape index (κ1) is 12.9. The van der Waals surface area contributed by atoms with Crippen molar-refractivity contribution >= 4 is 0 Å². The predicted octanol–water partition coefficient (Wildman–Crippen LogP) is 2.44. The number of ether oxygens (including phenoxy) is 1. The molecule has 0 aliphatic rings. The quantitative estimate of drug-likeness (QED) is 0.661. The third-order valence-corrected chi connectivity index (χ3v) is 2.83. The molecule has 0 amide bonds. The number of hydrogen-bond donors (Lipinski definition) is 1. The Morgan fingerprint density at radius 1 is 1.31 bits per heavy atom. The molecule has 2 nitrogen and oxygen atoms in total. The summed E-state index contributed by atoms with van der Waals surface area (Å²) < 4.78 is 5.23. The van der Waals surface area contributed by atoms with Gasteiger partial charge in [0.25, 0.3) is 0 Å².